The highest BCUT2D eigenvalue weighted by Gasteiger charge is 2.46. The number of nitrogens with zero attached hydrogens (tertiary/aromatic N) is 2. The van der Waals surface area contributed by atoms with Crippen LogP contribution in [0.25, 0.3) is 0 Å². The van der Waals surface area contributed by atoms with Gasteiger partial charge in [0.15, 0.2) is 0 Å². The summed E-state index contributed by atoms with van der Waals surface area (Å²) < 4.78 is 5.44. The molecule has 1 aromatic heterocycles. The molecule has 0 unspecified atom stereocenters. The average molecular weight is 344 g/mol. The minimum Gasteiger partial charge on any atom is -0.389 e. The Kier molecular flexibility index (Phi) is 4.54. The van der Waals surface area contributed by atoms with Gasteiger partial charge in [0, 0.05) is 44.1 Å². The van der Waals surface area contributed by atoms with Crippen molar-refractivity contribution >= 4 is 5.91 Å². The molecule has 4 rings (SSSR count). The zero-order valence-corrected chi connectivity index (χ0v) is 15.0. The number of carbonyl (C=O) groups excluding carboxylic acids is 1. The Morgan fingerprint density at radius 3 is 2.92 bits per heavy atom. The van der Waals surface area contributed by atoms with E-state index in [1.165, 1.54) is 5.56 Å². The SMILES string of the molecule is C[C@@H]1CN(C(=O)c2cnc3c(c2)CCC3)CC[C@@]1(O)C1CCOCC1. The first-order chi connectivity index (χ1) is 12.1. The number of carbonyl (C=O) groups is 1. The summed E-state index contributed by atoms with van der Waals surface area (Å²) in [6.07, 6.45) is 7.43. The van der Waals surface area contributed by atoms with E-state index in [0.717, 1.165) is 51.0 Å². The van der Waals surface area contributed by atoms with Crippen LogP contribution in [0, 0.1) is 11.8 Å². The van der Waals surface area contributed by atoms with Crippen molar-refractivity contribution < 1.29 is 14.6 Å². The third-order valence-corrected chi connectivity index (χ3v) is 6.51. The number of amides is 1. The molecule has 1 aromatic rings. The predicted octanol–water partition coefficient (Wildman–Crippen LogP) is 2.21. The fourth-order valence-electron chi connectivity index (χ4n) is 4.85. The summed E-state index contributed by atoms with van der Waals surface area (Å²) in [7, 11) is 0. The number of rotatable bonds is 2. The fourth-order valence-corrected chi connectivity index (χ4v) is 4.85. The molecule has 2 saturated heterocycles. The van der Waals surface area contributed by atoms with Gasteiger partial charge in [-0.25, -0.2) is 0 Å². The number of aromatic nitrogens is 1. The number of fused-ring (bicyclic) bond motifs is 1. The minimum atomic E-state index is -0.670. The molecule has 0 spiro atoms. The van der Waals surface area contributed by atoms with Gasteiger partial charge in [-0.15, -0.1) is 0 Å². The summed E-state index contributed by atoms with van der Waals surface area (Å²) in [4.78, 5) is 19.3. The molecule has 25 heavy (non-hydrogen) atoms. The van der Waals surface area contributed by atoms with E-state index >= 15 is 0 Å². The highest BCUT2D eigenvalue weighted by molar-refractivity contribution is 5.94. The van der Waals surface area contributed by atoms with Crippen molar-refractivity contribution in [3.63, 3.8) is 0 Å². The normalized spacial score (nSPS) is 30.3. The number of ether oxygens (including phenoxy) is 1. The number of hydrogen-bond acceptors (Lipinski definition) is 4. The van der Waals surface area contributed by atoms with E-state index in [1.54, 1.807) is 6.20 Å². The van der Waals surface area contributed by atoms with Gasteiger partial charge in [0.25, 0.3) is 5.91 Å². The molecule has 136 valence electrons. The van der Waals surface area contributed by atoms with Crippen molar-refractivity contribution in [2.24, 2.45) is 11.8 Å². The Hall–Kier alpha value is -1.46. The minimum absolute atomic E-state index is 0.0584. The summed E-state index contributed by atoms with van der Waals surface area (Å²) in [5, 5.41) is 11.3. The standard InChI is InChI=1S/C20H28N2O3/c1-14-13-22(8-7-20(14,24)17-5-9-25-10-6-17)19(23)16-11-15-3-2-4-18(15)21-12-16/h11-12,14,17,24H,2-10,13H2,1H3/t14-,20+/m1/s1. The van der Waals surface area contributed by atoms with Gasteiger partial charge in [0.05, 0.1) is 11.2 Å². The lowest BCUT2D eigenvalue weighted by Crippen LogP contribution is -2.56. The number of hydrogen-bond donors (Lipinski definition) is 1. The predicted molar refractivity (Wildman–Crippen MR) is 94.4 cm³/mol. The van der Waals surface area contributed by atoms with E-state index in [9.17, 15) is 9.90 Å². The molecule has 5 nitrogen and oxygen atoms in total. The summed E-state index contributed by atoms with van der Waals surface area (Å²) in [6, 6.07) is 2.03. The highest BCUT2D eigenvalue weighted by Crippen LogP contribution is 2.39. The summed E-state index contributed by atoms with van der Waals surface area (Å²) in [5.74, 6) is 0.425. The van der Waals surface area contributed by atoms with Crippen LogP contribution in [0.15, 0.2) is 12.3 Å². The molecule has 2 atom stereocenters. The van der Waals surface area contributed by atoms with Gasteiger partial charge in [-0.2, -0.15) is 0 Å². The third kappa shape index (κ3) is 3.08. The largest absolute Gasteiger partial charge is 0.389 e. The molecule has 2 aliphatic heterocycles. The van der Waals surface area contributed by atoms with Crippen LogP contribution in [-0.4, -0.2) is 52.8 Å². The lowest BCUT2D eigenvalue weighted by Gasteiger charge is -2.48. The first-order valence-electron chi connectivity index (χ1n) is 9.65. The molecule has 0 aromatic carbocycles. The quantitative estimate of drug-likeness (QED) is 0.893. The number of piperidine rings is 1. The highest BCUT2D eigenvalue weighted by atomic mass is 16.5. The zero-order chi connectivity index (χ0) is 17.4. The summed E-state index contributed by atoms with van der Waals surface area (Å²) in [5.41, 5.74) is 2.41. The molecule has 3 aliphatic rings. The number of likely N-dealkylation sites (tertiary alicyclic amines) is 1. The first-order valence-corrected chi connectivity index (χ1v) is 9.65. The van der Waals surface area contributed by atoms with Crippen LogP contribution in [0.3, 0.4) is 0 Å². The summed E-state index contributed by atoms with van der Waals surface area (Å²) in [6.45, 7) is 4.79. The lowest BCUT2D eigenvalue weighted by molar-refractivity contribution is -0.125. The lowest BCUT2D eigenvalue weighted by atomic mass is 9.70. The smallest absolute Gasteiger partial charge is 0.255 e. The van der Waals surface area contributed by atoms with Gasteiger partial charge in [-0.3, -0.25) is 9.78 Å². The first kappa shape index (κ1) is 17.0. The van der Waals surface area contributed by atoms with Crippen LogP contribution in [-0.2, 0) is 17.6 Å². The fraction of sp³-hybridized carbons (Fsp3) is 0.700. The number of aryl methyl sites for hydroxylation is 2. The van der Waals surface area contributed by atoms with Crippen LogP contribution in [0.2, 0.25) is 0 Å². The second kappa shape index (κ2) is 6.69. The van der Waals surface area contributed by atoms with Crippen LogP contribution in [0.1, 0.15) is 54.2 Å². The maximum absolute atomic E-state index is 12.9. The van der Waals surface area contributed by atoms with Crippen LogP contribution in [0.4, 0.5) is 0 Å². The Labute approximate surface area is 149 Å². The van der Waals surface area contributed by atoms with Gasteiger partial charge in [-0.05, 0) is 56.1 Å². The second-order valence-electron chi connectivity index (χ2n) is 7.96. The topological polar surface area (TPSA) is 62.7 Å². The van der Waals surface area contributed by atoms with Crippen molar-refractivity contribution in [2.45, 2.75) is 51.0 Å². The monoisotopic (exact) mass is 344 g/mol. The van der Waals surface area contributed by atoms with Crippen molar-refractivity contribution in [3.8, 4) is 0 Å². The van der Waals surface area contributed by atoms with Crippen molar-refractivity contribution in [1.29, 1.82) is 0 Å². The van der Waals surface area contributed by atoms with Gasteiger partial charge in [0.2, 0.25) is 0 Å². The van der Waals surface area contributed by atoms with E-state index in [-0.39, 0.29) is 17.7 Å². The second-order valence-corrected chi connectivity index (χ2v) is 7.96. The van der Waals surface area contributed by atoms with Crippen molar-refractivity contribution in [1.82, 2.24) is 9.88 Å². The molecule has 1 N–H and O–H groups in total. The van der Waals surface area contributed by atoms with Gasteiger partial charge >= 0.3 is 0 Å². The van der Waals surface area contributed by atoms with E-state index in [2.05, 4.69) is 11.9 Å². The molecule has 0 saturated carbocycles. The number of aliphatic hydroxyl groups is 1. The average Bonchev–Trinajstić information content (AvgIpc) is 3.12. The van der Waals surface area contributed by atoms with E-state index in [0.29, 0.717) is 25.1 Å². The van der Waals surface area contributed by atoms with E-state index in [4.69, 9.17) is 4.74 Å². The van der Waals surface area contributed by atoms with E-state index < -0.39 is 5.60 Å². The number of pyridine rings is 1. The molecular weight excluding hydrogens is 316 g/mol. The van der Waals surface area contributed by atoms with Crippen molar-refractivity contribution in [2.75, 3.05) is 26.3 Å². The van der Waals surface area contributed by atoms with Crippen LogP contribution < -0.4 is 0 Å². The molecule has 3 heterocycles. The maximum atomic E-state index is 12.9. The Bertz CT molecular complexity index is 656. The molecule has 0 radical (unpaired) electrons. The maximum Gasteiger partial charge on any atom is 0.255 e. The molecule has 5 heteroatoms. The Morgan fingerprint density at radius 2 is 2.16 bits per heavy atom. The summed E-state index contributed by atoms with van der Waals surface area (Å²) >= 11 is 0. The molecule has 2 fully saturated rings. The Balaban J connectivity index is 1.45. The van der Waals surface area contributed by atoms with Crippen LogP contribution >= 0.6 is 0 Å². The third-order valence-electron chi connectivity index (χ3n) is 6.51. The Morgan fingerprint density at radius 1 is 1.36 bits per heavy atom. The molecule has 1 amide bonds. The molecule has 1 aliphatic carbocycles. The van der Waals surface area contributed by atoms with Crippen LogP contribution in [0.5, 0.6) is 0 Å². The zero-order valence-electron chi connectivity index (χ0n) is 15.0. The van der Waals surface area contributed by atoms with Gasteiger partial charge in [0.1, 0.15) is 0 Å². The molecule has 0 bridgehead atoms. The van der Waals surface area contributed by atoms with E-state index in [1.807, 2.05) is 11.0 Å². The van der Waals surface area contributed by atoms with Gasteiger partial charge in [-0.1, -0.05) is 6.92 Å². The van der Waals surface area contributed by atoms with Gasteiger partial charge < -0.3 is 14.7 Å². The van der Waals surface area contributed by atoms with Crippen molar-refractivity contribution in [3.05, 3.63) is 29.1 Å². The molecular formula is C20H28N2O3.